The fourth-order valence-electron chi connectivity index (χ4n) is 2.22. The molecule has 0 aromatic rings. The lowest BCUT2D eigenvalue weighted by atomic mass is 9.83. The van der Waals surface area contributed by atoms with Crippen LogP contribution in [0.2, 0.25) is 0 Å². The van der Waals surface area contributed by atoms with Crippen molar-refractivity contribution in [3.63, 3.8) is 0 Å². The van der Waals surface area contributed by atoms with E-state index in [1.807, 2.05) is 0 Å². The average molecular weight is 320 g/mol. The minimum absolute atomic E-state index is 0.0658. The van der Waals surface area contributed by atoms with Crippen LogP contribution >= 0.6 is 27.5 Å². The third-order valence-corrected chi connectivity index (χ3v) is 5.72. The molecule has 0 bridgehead atoms. The lowest BCUT2D eigenvalue weighted by molar-refractivity contribution is 0.493. The molecule has 0 radical (unpaired) electrons. The predicted octanol–water partition coefficient (Wildman–Crippen LogP) is 5.99. The molecular formula is C15H24BrCl. The third-order valence-electron chi connectivity index (χ3n) is 3.67. The van der Waals surface area contributed by atoms with Gasteiger partial charge in [-0.15, -0.1) is 11.6 Å². The number of allylic oxidation sites excluding steroid dienone is 4. The minimum Gasteiger partial charge on any atom is -0.118 e. The molecule has 2 atom stereocenters. The summed E-state index contributed by atoms with van der Waals surface area (Å²) < 4.78 is 0. The van der Waals surface area contributed by atoms with E-state index in [0.717, 1.165) is 12.8 Å². The van der Waals surface area contributed by atoms with Gasteiger partial charge in [0.1, 0.15) is 0 Å². The van der Waals surface area contributed by atoms with E-state index in [2.05, 4.69) is 49.7 Å². The van der Waals surface area contributed by atoms with Gasteiger partial charge < -0.3 is 0 Å². The van der Waals surface area contributed by atoms with Crippen molar-refractivity contribution in [3.8, 4) is 0 Å². The van der Waals surface area contributed by atoms with Gasteiger partial charge in [0, 0.05) is 4.83 Å². The van der Waals surface area contributed by atoms with E-state index in [1.54, 1.807) is 11.1 Å². The van der Waals surface area contributed by atoms with Gasteiger partial charge >= 0.3 is 0 Å². The Kier molecular flexibility index (Phi) is 5.79. The van der Waals surface area contributed by atoms with E-state index in [9.17, 15) is 0 Å². The molecule has 0 saturated heterocycles. The molecule has 98 valence electrons. The fourth-order valence-corrected chi connectivity index (χ4v) is 3.02. The molecule has 1 saturated carbocycles. The highest BCUT2D eigenvalue weighted by Crippen LogP contribution is 2.42. The highest BCUT2D eigenvalue weighted by molar-refractivity contribution is 9.09. The van der Waals surface area contributed by atoms with Crippen LogP contribution in [-0.4, -0.2) is 9.70 Å². The van der Waals surface area contributed by atoms with Crippen LogP contribution in [0.15, 0.2) is 22.8 Å². The minimum atomic E-state index is -0.0658. The van der Waals surface area contributed by atoms with Gasteiger partial charge in [0.15, 0.2) is 0 Å². The van der Waals surface area contributed by atoms with Crippen molar-refractivity contribution in [2.75, 3.05) is 0 Å². The zero-order valence-electron chi connectivity index (χ0n) is 11.4. The molecule has 0 amide bonds. The van der Waals surface area contributed by atoms with Crippen LogP contribution in [0, 0.1) is 0 Å². The number of alkyl halides is 2. The van der Waals surface area contributed by atoms with Crippen LogP contribution in [0.5, 0.6) is 0 Å². The molecule has 1 aliphatic rings. The van der Waals surface area contributed by atoms with Gasteiger partial charge in [0.25, 0.3) is 0 Å². The molecule has 0 aromatic heterocycles. The summed E-state index contributed by atoms with van der Waals surface area (Å²) in [5, 5.41) is 0. The predicted molar refractivity (Wildman–Crippen MR) is 82.2 cm³/mol. The van der Waals surface area contributed by atoms with E-state index >= 15 is 0 Å². The maximum absolute atomic E-state index is 6.46. The van der Waals surface area contributed by atoms with Gasteiger partial charge in [0.2, 0.25) is 0 Å². The van der Waals surface area contributed by atoms with Gasteiger partial charge in [-0.25, -0.2) is 0 Å². The normalized spacial score (nSPS) is 32.2. The van der Waals surface area contributed by atoms with Crippen molar-refractivity contribution in [1.29, 1.82) is 0 Å². The van der Waals surface area contributed by atoms with Crippen molar-refractivity contribution in [3.05, 3.63) is 22.8 Å². The first-order valence-electron chi connectivity index (χ1n) is 6.47. The second kappa shape index (κ2) is 6.43. The summed E-state index contributed by atoms with van der Waals surface area (Å²) in [6.45, 7) is 8.75. The number of hydrogen-bond donors (Lipinski definition) is 0. The number of hydrogen-bond acceptors (Lipinski definition) is 0. The first-order chi connectivity index (χ1) is 7.83. The van der Waals surface area contributed by atoms with E-state index < -0.39 is 0 Å². The van der Waals surface area contributed by atoms with Crippen molar-refractivity contribution in [1.82, 2.24) is 0 Å². The summed E-state index contributed by atoms with van der Waals surface area (Å²) in [5.74, 6) is 0. The number of halogens is 2. The number of rotatable bonds is 3. The van der Waals surface area contributed by atoms with E-state index in [-0.39, 0.29) is 4.87 Å². The first kappa shape index (κ1) is 15.3. The molecule has 17 heavy (non-hydrogen) atoms. The fraction of sp³-hybridized carbons (Fsp3) is 0.733. The second-order valence-electron chi connectivity index (χ2n) is 5.65. The first-order valence-corrected chi connectivity index (χ1v) is 7.76. The van der Waals surface area contributed by atoms with Gasteiger partial charge in [-0.3, -0.25) is 0 Å². The highest BCUT2D eigenvalue weighted by Gasteiger charge is 2.34. The molecular weight excluding hydrogens is 296 g/mol. The Morgan fingerprint density at radius 2 is 2.12 bits per heavy atom. The van der Waals surface area contributed by atoms with Crippen molar-refractivity contribution in [2.24, 2.45) is 0 Å². The van der Waals surface area contributed by atoms with Crippen LogP contribution in [-0.2, 0) is 0 Å². The quantitative estimate of drug-likeness (QED) is 0.442. The molecule has 0 nitrogen and oxygen atoms in total. The summed E-state index contributed by atoms with van der Waals surface area (Å²) in [5.41, 5.74) is 4.60. The standard InChI is InChI=1S/C15H24BrCl/c1-11(2)6-5-7-12(3)13-8-9-15(4,17)14(16)10-13/h6,14H,5,7-10H2,1-4H3/b13-12+. The van der Waals surface area contributed by atoms with E-state index in [4.69, 9.17) is 11.6 Å². The zero-order chi connectivity index (χ0) is 13.1. The molecule has 0 N–H and O–H groups in total. The summed E-state index contributed by atoms with van der Waals surface area (Å²) in [7, 11) is 0. The Hall–Kier alpha value is 0.250. The van der Waals surface area contributed by atoms with Crippen LogP contribution in [0.3, 0.4) is 0 Å². The zero-order valence-corrected chi connectivity index (χ0v) is 13.8. The van der Waals surface area contributed by atoms with Gasteiger partial charge in [-0.1, -0.05) is 38.7 Å². The Bertz CT molecular complexity index is 322. The smallest absolute Gasteiger partial charge is 0.0549 e. The highest BCUT2D eigenvalue weighted by atomic mass is 79.9. The molecule has 2 unspecified atom stereocenters. The summed E-state index contributed by atoms with van der Waals surface area (Å²) in [6.07, 6.45) is 8.05. The Labute approximate surface area is 120 Å². The van der Waals surface area contributed by atoms with Crippen molar-refractivity contribution in [2.45, 2.75) is 69.5 Å². The van der Waals surface area contributed by atoms with Crippen LogP contribution in [0.25, 0.3) is 0 Å². The largest absolute Gasteiger partial charge is 0.118 e. The summed E-state index contributed by atoms with van der Waals surface area (Å²) in [6, 6.07) is 0. The Morgan fingerprint density at radius 3 is 2.65 bits per heavy atom. The summed E-state index contributed by atoms with van der Waals surface area (Å²) >= 11 is 10.2. The van der Waals surface area contributed by atoms with Gasteiger partial charge in [-0.05, 0) is 59.8 Å². The van der Waals surface area contributed by atoms with E-state index in [1.165, 1.54) is 24.8 Å². The van der Waals surface area contributed by atoms with Crippen LogP contribution in [0.1, 0.15) is 59.8 Å². The molecule has 1 fully saturated rings. The van der Waals surface area contributed by atoms with Crippen LogP contribution in [0.4, 0.5) is 0 Å². The van der Waals surface area contributed by atoms with Crippen LogP contribution < -0.4 is 0 Å². The topological polar surface area (TPSA) is 0 Å². The van der Waals surface area contributed by atoms with Crippen molar-refractivity contribution < 1.29 is 0 Å². The van der Waals surface area contributed by atoms with Gasteiger partial charge in [0.05, 0.1) is 4.87 Å². The summed E-state index contributed by atoms with van der Waals surface area (Å²) in [4.78, 5) is 0.350. The maximum atomic E-state index is 6.46. The lowest BCUT2D eigenvalue weighted by Gasteiger charge is -2.35. The molecule has 2 heteroatoms. The van der Waals surface area contributed by atoms with Gasteiger partial charge in [-0.2, -0.15) is 0 Å². The Balaban J connectivity index is 2.57. The molecule has 1 rings (SSSR count). The van der Waals surface area contributed by atoms with Crippen molar-refractivity contribution >= 4 is 27.5 Å². The average Bonchev–Trinajstić information content (AvgIpc) is 2.21. The molecule has 0 aromatic carbocycles. The Morgan fingerprint density at radius 1 is 1.47 bits per heavy atom. The maximum Gasteiger partial charge on any atom is 0.0549 e. The van der Waals surface area contributed by atoms with E-state index in [0.29, 0.717) is 4.83 Å². The monoisotopic (exact) mass is 318 g/mol. The third kappa shape index (κ3) is 4.79. The molecule has 1 aliphatic carbocycles. The SMILES string of the molecule is CC(C)=CCC/C(C)=C1\CCC(C)(Cl)C(Br)C1. The molecule has 0 heterocycles. The molecule has 0 aliphatic heterocycles. The molecule has 0 spiro atoms. The lowest BCUT2D eigenvalue weighted by Crippen LogP contribution is -2.33. The second-order valence-corrected chi connectivity index (χ2v) is 7.62.